The molecular weight excluding hydrogens is 272 g/mol. The summed E-state index contributed by atoms with van der Waals surface area (Å²) in [4.78, 5) is 11.6. The highest BCUT2D eigenvalue weighted by atomic mass is 35.5. The number of thiocarbonyl (C=S) groups is 1. The number of carbonyl (C=O) groups is 1. The molecule has 1 rings (SSSR count). The van der Waals surface area contributed by atoms with E-state index in [1.165, 1.54) is 0 Å². The Hall–Kier alpha value is -1.66. The van der Waals surface area contributed by atoms with Gasteiger partial charge >= 0.3 is 0 Å². The van der Waals surface area contributed by atoms with Crippen molar-refractivity contribution in [2.24, 2.45) is 10.8 Å². The van der Waals surface area contributed by atoms with Gasteiger partial charge in [0.1, 0.15) is 0 Å². The van der Waals surface area contributed by atoms with Crippen LogP contribution < -0.4 is 16.5 Å². The molecule has 0 aliphatic carbocycles. The Morgan fingerprint density at radius 1 is 1.44 bits per heavy atom. The van der Waals surface area contributed by atoms with Crippen LogP contribution in [-0.4, -0.2) is 16.7 Å². The van der Waals surface area contributed by atoms with E-state index < -0.39 is 0 Å². The van der Waals surface area contributed by atoms with E-state index in [-0.39, 0.29) is 17.4 Å². The minimum Gasteiger partial charge on any atom is -0.375 e. The molecule has 0 aromatic heterocycles. The maximum absolute atomic E-state index is 11.6. The third-order valence-electron chi connectivity index (χ3n) is 1.90. The molecule has 0 aliphatic heterocycles. The van der Waals surface area contributed by atoms with Crippen molar-refractivity contribution in [1.29, 1.82) is 0 Å². The molecule has 0 bridgehead atoms. The standard InChI is InChI=1S/C11H13ClN4OS/c1-7(15-16-11(13)18)6-10(17)14-9-4-2-8(12)3-5-9/h2-5H,6H2,1H3,(H,14,17)(H3,13,16,18). The Kier molecular flexibility index (Phi) is 5.54. The average Bonchev–Trinajstić information content (AvgIpc) is 2.29. The number of carbonyl (C=O) groups excluding carboxylic acids is 1. The molecule has 1 aromatic carbocycles. The first-order chi connectivity index (χ1) is 8.47. The van der Waals surface area contributed by atoms with Crippen LogP contribution in [0.2, 0.25) is 5.02 Å². The van der Waals surface area contributed by atoms with Crippen LogP contribution in [0.15, 0.2) is 29.4 Å². The first-order valence-corrected chi connectivity index (χ1v) is 5.90. The first-order valence-electron chi connectivity index (χ1n) is 5.11. The minimum absolute atomic E-state index is 0.0625. The van der Waals surface area contributed by atoms with Gasteiger partial charge in [-0.15, -0.1) is 0 Å². The summed E-state index contributed by atoms with van der Waals surface area (Å²) in [6.45, 7) is 1.70. The normalized spacial score (nSPS) is 10.9. The Labute approximate surface area is 115 Å². The Morgan fingerprint density at radius 2 is 2.06 bits per heavy atom. The van der Waals surface area contributed by atoms with E-state index >= 15 is 0 Å². The van der Waals surface area contributed by atoms with Crippen molar-refractivity contribution < 1.29 is 4.79 Å². The molecule has 7 heteroatoms. The molecule has 0 atom stereocenters. The smallest absolute Gasteiger partial charge is 0.230 e. The summed E-state index contributed by atoms with van der Waals surface area (Å²) in [6.07, 6.45) is 0.151. The van der Waals surface area contributed by atoms with Crippen LogP contribution in [-0.2, 0) is 4.79 Å². The van der Waals surface area contributed by atoms with Gasteiger partial charge in [-0.1, -0.05) is 11.6 Å². The second kappa shape index (κ2) is 6.93. The second-order valence-electron chi connectivity index (χ2n) is 3.55. The number of rotatable bonds is 4. The van der Waals surface area contributed by atoms with Crippen LogP contribution in [0.4, 0.5) is 5.69 Å². The zero-order valence-electron chi connectivity index (χ0n) is 9.74. The Morgan fingerprint density at radius 3 is 2.61 bits per heavy atom. The number of halogens is 1. The lowest BCUT2D eigenvalue weighted by molar-refractivity contribution is -0.115. The SMILES string of the molecule is CC(CC(=O)Nc1ccc(Cl)cc1)=NNC(N)=S. The highest BCUT2D eigenvalue weighted by molar-refractivity contribution is 7.80. The van der Waals surface area contributed by atoms with E-state index in [1.807, 2.05) is 0 Å². The summed E-state index contributed by atoms with van der Waals surface area (Å²) in [5.74, 6) is -0.177. The molecule has 1 aromatic rings. The highest BCUT2D eigenvalue weighted by Gasteiger charge is 2.04. The number of benzene rings is 1. The third-order valence-corrected chi connectivity index (χ3v) is 2.24. The summed E-state index contributed by atoms with van der Waals surface area (Å²) in [5, 5.41) is 7.23. The molecule has 0 fully saturated rings. The van der Waals surface area contributed by atoms with E-state index in [0.29, 0.717) is 16.4 Å². The zero-order valence-corrected chi connectivity index (χ0v) is 11.3. The van der Waals surface area contributed by atoms with E-state index in [9.17, 15) is 4.79 Å². The third kappa shape index (κ3) is 5.60. The van der Waals surface area contributed by atoms with E-state index in [0.717, 1.165) is 0 Å². The van der Waals surface area contributed by atoms with Crippen LogP contribution in [0.25, 0.3) is 0 Å². The summed E-state index contributed by atoms with van der Waals surface area (Å²) >= 11 is 10.3. The van der Waals surface area contributed by atoms with E-state index in [4.69, 9.17) is 17.3 Å². The minimum atomic E-state index is -0.177. The fourth-order valence-electron chi connectivity index (χ4n) is 1.16. The number of nitrogens with one attached hydrogen (secondary N) is 2. The van der Waals surface area contributed by atoms with Crippen LogP contribution in [0, 0.1) is 0 Å². The van der Waals surface area contributed by atoms with Crippen molar-refractivity contribution in [3.8, 4) is 0 Å². The average molecular weight is 285 g/mol. The summed E-state index contributed by atoms with van der Waals surface area (Å²) in [6, 6.07) is 6.85. The van der Waals surface area contributed by atoms with Gasteiger partial charge in [0.25, 0.3) is 0 Å². The Bertz CT molecular complexity index is 472. The quantitative estimate of drug-likeness (QED) is 0.448. The van der Waals surface area contributed by atoms with Gasteiger partial charge in [0.2, 0.25) is 5.91 Å². The predicted molar refractivity (Wildman–Crippen MR) is 77.7 cm³/mol. The number of amides is 1. The lowest BCUT2D eigenvalue weighted by atomic mass is 10.2. The molecule has 0 saturated heterocycles. The molecule has 1 amide bonds. The molecule has 0 radical (unpaired) electrons. The fourth-order valence-corrected chi connectivity index (χ4v) is 1.33. The summed E-state index contributed by atoms with van der Waals surface area (Å²) < 4.78 is 0. The number of nitrogens with two attached hydrogens (primary N) is 1. The highest BCUT2D eigenvalue weighted by Crippen LogP contribution is 2.13. The molecule has 0 aliphatic rings. The number of hydrazone groups is 1. The molecule has 96 valence electrons. The molecule has 18 heavy (non-hydrogen) atoms. The van der Waals surface area contributed by atoms with Crippen molar-refractivity contribution in [2.45, 2.75) is 13.3 Å². The second-order valence-corrected chi connectivity index (χ2v) is 4.43. The van der Waals surface area contributed by atoms with Gasteiger partial charge in [0.05, 0.1) is 6.42 Å². The lowest BCUT2D eigenvalue weighted by Gasteiger charge is -2.05. The van der Waals surface area contributed by atoms with Gasteiger partial charge in [0, 0.05) is 16.4 Å². The number of nitrogens with zero attached hydrogens (tertiary/aromatic N) is 1. The topological polar surface area (TPSA) is 79.5 Å². The van der Waals surface area contributed by atoms with Crippen LogP contribution in [0.5, 0.6) is 0 Å². The van der Waals surface area contributed by atoms with E-state index in [1.54, 1.807) is 31.2 Å². The molecule has 4 N–H and O–H groups in total. The molecule has 0 heterocycles. The van der Waals surface area contributed by atoms with Gasteiger partial charge in [0.15, 0.2) is 5.11 Å². The first kappa shape index (κ1) is 14.4. The number of anilines is 1. The molecule has 0 unspecified atom stereocenters. The Balaban J connectivity index is 2.49. The monoisotopic (exact) mass is 284 g/mol. The van der Waals surface area contributed by atoms with Crippen molar-refractivity contribution in [2.75, 3.05) is 5.32 Å². The molecule has 0 saturated carbocycles. The molecule has 0 spiro atoms. The lowest BCUT2D eigenvalue weighted by Crippen LogP contribution is -2.26. The maximum Gasteiger partial charge on any atom is 0.230 e. The van der Waals surface area contributed by atoms with Crippen molar-refractivity contribution in [3.05, 3.63) is 29.3 Å². The van der Waals surface area contributed by atoms with Gasteiger partial charge in [-0.2, -0.15) is 5.10 Å². The van der Waals surface area contributed by atoms with Gasteiger partial charge < -0.3 is 11.1 Å². The van der Waals surface area contributed by atoms with Gasteiger partial charge in [-0.25, -0.2) is 0 Å². The number of hydrogen-bond donors (Lipinski definition) is 3. The molecule has 5 nitrogen and oxygen atoms in total. The van der Waals surface area contributed by atoms with E-state index in [2.05, 4.69) is 28.1 Å². The largest absolute Gasteiger partial charge is 0.375 e. The molecular formula is C11H13ClN4OS. The van der Waals surface area contributed by atoms with Crippen molar-refractivity contribution >= 4 is 46.2 Å². The fraction of sp³-hybridized carbons (Fsp3) is 0.182. The number of hydrogen-bond acceptors (Lipinski definition) is 3. The zero-order chi connectivity index (χ0) is 13.5. The van der Waals surface area contributed by atoms with Gasteiger partial charge in [-0.3, -0.25) is 10.2 Å². The van der Waals surface area contributed by atoms with Crippen LogP contribution in [0.3, 0.4) is 0 Å². The van der Waals surface area contributed by atoms with Crippen molar-refractivity contribution in [1.82, 2.24) is 5.43 Å². The predicted octanol–water partition coefficient (Wildman–Crippen LogP) is 1.88. The van der Waals surface area contributed by atoms with Gasteiger partial charge in [-0.05, 0) is 43.4 Å². The van der Waals surface area contributed by atoms with Crippen molar-refractivity contribution in [3.63, 3.8) is 0 Å². The van der Waals surface area contributed by atoms with Crippen LogP contribution in [0.1, 0.15) is 13.3 Å². The summed E-state index contributed by atoms with van der Waals surface area (Å²) in [7, 11) is 0. The van der Waals surface area contributed by atoms with Crippen LogP contribution >= 0.6 is 23.8 Å². The summed E-state index contributed by atoms with van der Waals surface area (Å²) in [5.41, 5.74) is 8.89. The maximum atomic E-state index is 11.6.